The summed E-state index contributed by atoms with van der Waals surface area (Å²) in [6, 6.07) is 11.2. The van der Waals surface area contributed by atoms with E-state index in [2.05, 4.69) is 57.3 Å². The average molecular weight is 340 g/mol. The molecule has 1 amide bonds. The Hall–Kier alpha value is -2.14. The van der Waals surface area contributed by atoms with E-state index in [4.69, 9.17) is 0 Å². The molecule has 0 bridgehead atoms. The summed E-state index contributed by atoms with van der Waals surface area (Å²) in [4.78, 5) is 14.2. The fourth-order valence-corrected chi connectivity index (χ4v) is 3.32. The van der Waals surface area contributed by atoms with Gasteiger partial charge in [-0.25, -0.2) is 0 Å². The zero-order valence-electron chi connectivity index (χ0n) is 15.4. The van der Waals surface area contributed by atoms with Gasteiger partial charge in [0, 0.05) is 38.3 Å². The summed E-state index contributed by atoms with van der Waals surface area (Å²) < 4.78 is 2.13. The summed E-state index contributed by atoms with van der Waals surface area (Å²) in [5, 5.41) is 7.53. The summed E-state index contributed by atoms with van der Waals surface area (Å²) >= 11 is 0. The highest BCUT2D eigenvalue weighted by molar-refractivity contribution is 5.77. The molecule has 0 fully saturated rings. The molecular weight excluding hydrogens is 312 g/mol. The van der Waals surface area contributed by atoms with Crippen LogP contribution in [-0.4, -0.2) is 33.7 Å². The highest BCUT2D eigenvalue weighted by Gasteiger charge is 2.25. The van der Waals surface area contributed by atoms with Gasteiger partial charge in [0.1, 0.15) is 0 Å². The largest absolute Gasteiger partial charge is 0.356 e. The molecule has 0 unspecified atom stereocenters. The minimum atomic E-state index is 0.0321. The number of amides is 1. The number of rotatable bonds is 6. The van der Waals surface area contributed by atoms with Gasteiger partial charge in [-0.3, -0.25) is 14.4 Å². The Morgan fingerprint density at radius 1 is 1.28 bits per heavy atom. The van der Waals surface area contributed by atoms with Gasteiger partial charge in [0.05, 0.1) is 11.7 Å². The first-order chi connectivity index (χ1) is 12.0. The molecule has 2 heterocycles. The molecule has 0 aliphatic carbocycles. The number of aromatic nitrogens is 2. The van der Waals surface area contributed by atoms with Crippen molar-refractivity contribution in [3.63, 3.8) is 0 Å². The Balaban J connectivity index is 1.62. The fourth-order valence-electron chi connectivity index (χ4n) is 3.32. The molecule has 0 saturated heterocycles. The van der Waals surface area contributed by atoms with Crippen molar-refractivity contribution in [1.29, 1.82) is 0 Å². The second-order valence-electron chi connectivity index (χ2n) is 7.31. The monoisotopic (exact) mass is 340 g/mol. The molecular formula is C20H28N4O. The van der Waals surface area contributed by atoms with Gasteiger partial charge < -0.3 is 5.32 Å². The molecule has 1 aromatic carbocycles. The van der Waals surface area contributed by atoms with Crippen LogP contribution >= 0.6 is 0 Å². The van der Waals surface area contributed by atoms with E-state index in [-0.39, 0.29) is 11.8 Å². The molecule has 1 atom stereocenters. The number of nitrogens with one attached hydrogen (secondary N) is 1. The number of hydrogen-bond donors (Lipinski definition) is 1. The van der Waals surface area contributed by atoms with E-state index < -0.39 is 0 Å². The Morgan fingerprint density at radius 2 is 2.04 bits per heavy atom. The van der Waals surface area contributed by atoms with Crippen molar-refractivity contribution in [2.45, 2.75) is 46.3 Å². The Bertz CT molecular complexity index is 705. The van der Waals surface area contributed by atoms with E-state index in [9.17, 15) is 4.79 Å². The van der Waals surface area contributed by atoms with Crippen LogP contribution in [0.25, 0.3) is 0 Å². The lowest BCUT2D eigenvalue weighted by Crippen LogP contribution is -2.39. The summed E-state index contributed by atoms with van der Waals surface area (Å²) in [5.74, 6) is 0.151. The van der Waals surface area contributed by atoms with E-state index >= 15 is 0 Å². The van der Waals surface area contributed by atoms with Gasteiger partial charge >= 0.3 is 0 Å². The number of fused-ring (bicyclic) bond motifs is 1. The number of hydrogen-bond acceptors (Lipinski definition) is 3. The fraction of sp³-hybridized carbons (Fsp3) is 0.500. The molecule has 0 saturated carbocycles. The van der Waals surface area contributed by atoms with Crippen LogP contribution in [-0.2, 0) is 17.9 Å². The molecule has 134 valence electrons. The van der Waals surface area contributed by atoms with Gasteiger partial charge in [-0.2, -0.15) is 5.10 Å². The van der Waals surface area contributed by atoms with Crippen molar-refractivity contribution in [1.82, 2.24) is 20.0 Å². The topological polar surface area (TPSA) is 50.2 Å². The quantitative estimate of drug-likeness (QED) is 0.880. The lowest BCUT2D eigenvalue weighted by molar-refractivity contribution is -0.124. The molecule has 3 rings (SSSR count). The summed E-state index contributed by atoms with van der Waals surface area (Å²) in [5.41, 5.74) is 3.88. The minimum absolute atomic E-state index is 0.0321. The summed E-state index contributed by atoms with van der Waals surface area (Å²) in [6.07, 6.45) is 2.78. The zero-order chi connectivity index (χ0) is 17.8. The molecule has 2 aromatic rings. The van der Waals surface area contributed by atoms with Crippen LogP contribution < -0.4 is 5.32 Å². The molecule has 1 aliphatic heterocycles. The van der Waals surface area contributed by atoms with Crippen LogP contribution in [0.1, 0.15) is 43.1 Å². The predicted octanol–water partition coefficient (Wildman–Crippen LogP) is 2.91. The van der Waals surface area contributed by atoms with E-state index in [0.29, 0.717) is 12.6 Å². The van der Waals surface area contributed by atoms with Crippen LogP contribution in [0.15, 0.2) is 36.5 Å². The number of aryl methyl sites for hydroxylation is 1. The first kappa shape index (κ1) is 17.7. The Kier molecular flexibility index (Phi) is 5.53. The first-order valence-electron chi connectivity index (χ1n) is 9.11. The Labute approximate surface area is 150 Å². The zero-order valence-corrected chi connectivity index (χ0v) is 15.4. The molecule has 25 heavy (non-hydrogen) atoms. The van der Waals surface area contributed by atoms with E-state index in [1.54, 1.807) is 0 Å². The van der Waals surface area contributed by atoms with Crippen molar-refractivity contribution in [2.24, 2.45) is 5.92 Å². The van der Waals surface area contributed by atoms with Crippen molar-refractivity contribution in [3.8, 4) is 0 Å². The third-order valence-electron chi connectivity index (χ3n) is 4.78. The predicted molar refractivity (Wildman–Crippen MR) is 99.0 cm³/mol. The number of nitrogens with zero attached hydrogens (tertiary/aromatic N) is 3. The summed E-state index contributed by atoms with van der Waals surface area (Å²) in [7, 11) is 0. The minimum Gasteiger partial charge on any atom is -0.356 e. The molecule has 1 aromatic heterocycles. The van der Waals surface area contributed by atoms with Gasteiger partial charge in [0.25, 0.3) is 0 Å². The molecule has 1 N–H and O–H groups in total. The maximum absolute atomic E-state index is 11.8. The number of carbonyl (C=O) groups excluding carboxylic acids is 1. The lowest BCUT2D eigenvalue weighted by Gasteiger charge is -2.34. The molecule has 5 nitrogen and oxygen atoms in total. The van der Waals surface area contributed by atoms with Crippen molar-refractivity contribution >= 4 is 5.91 Å². The van der Waals surface area contributed by atoms with Gasteiger partial charge in [-0.05, 0) is 25.0 Å². The van der Waals surface area contributed by atoms with Crippen LogP contribution in [0, 0.1) is 12.8 Å². The Morgan fingerprint density at radius 3 is 2.76 bits per heavy atom. The van der Waals surface area contributed by atoms with Gasteiger partial charge in [0.2, 0.25) is 5.91 Å². The second-order valence-corrected chi connectivity index (χ2v) is 7.31. The van der Waals surface area contributed by atoms with E-state index in [1.165, 1.54) is 16.8 Å². The average Bonchev–Trinajstić information content (AvgIpc) is 3.05. The van der Waals surface area contributed by atoms with E-state index in [1.807, 2.05) is 20.0 Å². The molecule has 0 radical (unpaired) electrons. The van der Waals surface area contributed by atoms with Gasteiger partial charge in [-0.1, -0.05) is 43.7 Å². The van der Waals surface area contributed by atoms with Gasteiger partial charge in [-0.15, -0.1) is 0 Å². The van der Waals surface area contributed by atoms with E-state index in [0.717, 1.165) is 26.1 Å². The smallest absolute Gasteiger partial charge is 0.222 e. The maximum atomic E-state index is 11.8. The first-order valence-corrected chi connectivity index (χ1v) is 9.11. The standard InChI is InChI=1S/C20H28N4O/c1-15(2)20(25)21-10-8-18-13-23(14-19-9-11-22-24(18)19)12-17-6-4-16(3)5-7-17/h4-7,9,11,15,18H,8,10,12-14H2,1-3H3,(H,21,25)/t18-/m0/s1. The molecule has 5 heteroatoms. The van der Waals surface area contributed by atoms with Crippen LogP contribution in [0.4, 0.5) is 0 Å². The number of benzene rings is 1. The lowest BCUT2D eigenvalue weighted by atomic mass is 10.1. The van der Waals surface area contributed by atoms with Gasteiger partial charge in [0.15, 0.2) is 0 Å². The molecule has 1 aliphatic rings. The van der Waals surface area contributed by atoms with Crippen molar-refractivity contribution < 1.29 is 4.79 Å². The van der Waals surface area contributed by atoms with Crippen LogP contribution in [0.5, 0.6) is 0 Å². The van der Waals surface area contributed by atoms with Crippen molar-refractivity contribution in [2.75, 3.05) is 13.1 Å². The van der Waals surface area contributed by atoms with Crippen molar-refractivity contribution in [3.05, 3.63) is 53.3 Å². The maximum Gasteiger partial charge on any atom is 0.222 e. The highest BCUT2D eigenvalue weighted by Crippen LogP contribution is 2.24. The SMILES string of the molecule is Cc1ccc(CN2Cc3ccnn3[C@@H](CCNC(=O)C(C)C)C2)cc1. The number of carbonyl (C=O) groups is 1. The highest BCUT2D eigenvalue weighted by atomic mass is 16.1. The van der Waals surface area contributed by atoms with Crippen LogP contribution in [0.3, 0.4) is 0 Å². The second kappa shape index (κ2) is 7.83. The normalized spacial score (nSPS) is 17.5. The third-order valence-corrected chi connectivity index (χ3v) is 4.78. The van der Waals surface area contributed by atoms with Crippen LogP contribution in [0.2, 0.25) is 0 Å². The summed E-state index contributed by atoms with van der Waals surface area (Å²) in [6.45, 7) is 9.48. The third kappa shape index (κ3) is 4.48. The molecule has 0 spiro atoms.